The van der Waals surface area contributed by atoms with Gasteiger partial charge in [0.15, 0.2) is 5.78 Å². The SMILES string of the molecule is Cc1cc(/C=C/C(c2cc(Cl)cc(Cl)c2)C(F)(F)F)ccc1C(=O)CCc1ccoc1. The van der Waals surface area contributed by atoms with E-state index in [9.17, 15) is 18.0 Å². The molecule has 7 heteroatoms. The highest BCUT2D eigenvalue weighted by Crippen LogP contribution is 2.38. The molecule has 0 amide bonds. The topological polar surface area (TPSA) is 30.2 Å². The molecule has 0 saturated heterocycles. The van der Waals surface area contributed by atoms with Gasteiger partial charge in [-0.15, -0.1) is 0 Å². The Labute approximate surface area is 188 Å². The third-order valence-corrected chi connectivity index (χ3v) is 5.29. The number of furan rings is 1. The predicted octanol–water partition coefficient (Wildman–Crippen LogP) is 8.07. The Morgan fingerprint density at radius 2 is 1.81 bits per heavy atom. The predicted molar refractivity (Wildman–Crippen MR) is 117 cm³/mol. The number of hydrogen-bond donors (Lipinski definition) is 0. The minimum atomic E-state index is -4.51. The number of halogens is 5. The lowest BCUT2D eigenvalue weighted by atomic mass is 9.95. The van der Waals surface area contributed by atoms with E-state index in [4.69, 9.17) is 27.6 Å². The number of alkyl halides is 3. The number of allylic oxidation sites excluding steroid dienone is 1. The van der Waals surface area contributed by atoms with Gasteiger partial charge in [-0.2, -0.15) is 13.2 Å². The summed E-state index contributed by atoms with van der Waals surface area (Å²) in [7, 11) is 0. The first-order valence-electron chi connectivity index (χ1n) is 9.49. The van der Waals surface area contributed by atoms with Crippen LogP contribution >= 0.6 is 23.2 Å². The molecule has 0 spiro atoms. The first-order chi connectivity index (χ1) is 14.6. The van der Waals surface area contributed by atoms with Crippen molar-refractivity contribution in [1.82, 2.24) is 0 Å². The molecule has 3 rings (SSSR count). The molecule has 31 heavy (non-hydrogen) atoms. The van der Waals surface area contributed by atoms with E-state index in [1.807, 2.05) is 0 Å². The molecule has 0 bridgehead atoms. The van der Waals surface area contributed by atoms with Gasteiger partial charge in [-0.3, -0.25) is 4.79 Å². The highest BCUT2D eigenvalue weighted by atomic mass is 35.5. The number of aryl methyl sites for hydroxylation is 2. The lowest BCUT2D eigenvalue weighted by Gasteiger charge is -2.18. The molecular weight excluding hydrogens is 448 g/mol. The number of hydrogen-bond acceptors (Lipinski definition) is 2. The van der Waals surface area contributed by atoms with Crippen molar-refractivity contribution < 1.29 is 22.4 Å². The number of carbonyl (C=O) groups excluding carboxylic acids is 1. The van der Waals surface area contributed by atoms with Gasteiger partial charge in [0, 0.05) is 22.0 Å². The Kier molecular flexibility index (Phi) is 7.29. The minimum Gasteiger partial charge on any atom is -0.472 e. The summed E-state index contributed by atoms with van der Waals surface area (Å²) < 4.78 is 45.9. The fourth-order valence-electron chi connectivity index (χ4n) is 3.30. The largest absolute Gasteiger partial charge is 0.472 e. The molecule has 2 aromatic carbocycles. The summed E-state index contributed by atoms with van der Waals surface area (Å²) in [6, 6.07) is 10.7. The lowest BCUT2D eigenvalue weighted by molar-refractivity contribution is -0.139. The van der Waals surface area contributed by atoms with Crippen LogP contribution < -0.4 is 0 Å². The molecule has 2 nitrogen and oxygen atoms in total. The highest BCUT2D eigenvalue weighted by molar-refractivity contribution is 6.34. The van der Waals surface area contributed by atoms with Crippen LogP contribution in [0.15, 0.2) is 65.5 Å². The number of ketones is 1. The fraction of sp³-hybridized carbons (Fsp3) is 0.208. The molecule has 0 aliphatic rings. The van der Waals surface area contributed by atoms with Crippen LogP contribution in [-0.4, -0.2) is 12.0 Å². The zero-order chi connectivity index (χ0) is 22.6. The maximum atomic E-state index is 13.6. The van der Waals surface area contributed by atoms with E-state index in [0.717, 1.165) is 11.6 Å². The first kappa shape index (κ1) is 23.2. The molecule has 1 unspecified atom stereocenters. The summed E-state index contributed by atoms with van der Waals surface area (Å²) in [6.45, 7) is 1.76. The van der Waals surface area contributed by atoms with Gasteiger partial charge in [0.25, 0.3) is 0 Å². The molecule has 0 aliphatic heterocycles. The third kappa shape index (κ3) is 6.25. The van der Waals surface area contributed by atoms with Gasteiger partial charge in [0.05, 0.1) is 18.4 Å². The summed E-state index contributed by atoms with van der Waals surface area (Å²) in [6.07, 6.45) is 1.97. The smallest absolute Gasteiger partial charge is 0.399 e. The number of benzene rings is 2. The molecule has 162 valence electrons. The summed E-state index contributed by atoms with van der Waals surface area (Å²) in [5.41, 5.74) is 2.71. The van der Waals surface area contributed by atoms with E-state index in [-0.39, 0.29) is 21.4 Å². The summed E-state index contributed by atoms with van der Waals surface area (Å²) in [5.74, 6) is -1.89. The van der Waals surface area contributed by atoms with Crippen molar-refractivity contribution in [2.45, 2.75) is 31.9 Å². The second kappa shape index (κ2) is 9.75. The zero-order valence-electron chi connectivity index (χ0n) is 16.5. The monoisotopic (exact) mass is 466 g/mol. The Balaban J connectivity index is 1.78. The minimum absolute atomic E-state index is 0.0315. The van der Waals surface area contributed by atoms with E-state index in [0.29, 0.717) is 29.5 Å². The van der Waals surface area contributed by atoms with Crippen molar-refractivity contribution >= 4 is 35.1 Å². The zero-order valence-corrected chi connectivity index (χ0v) is 18.1. The molecule has 1 heterocycles. The van der Waals surface area contributed by atoms with Crippen molar-refractivity contribution in [2.24, 2.45) is 0 Å². The van der Waals surface area contributed by atoms with Crippen LogP contribution in [0.25, 0.3) is 6.08 Å². The van der Waals surface area contributed by atoms with Crippen molar-refractivity contribution in [3.05, 3.63) is 98.9 Å². The van der Waals surface area contributed by atoms with Gasteiger partial charge in [-0.25, -0.2) is 0 Å². The van der Waals surface area contributed by atoms with Crippen LogP contribution in [0.3, 0.4) is 0 Å². The second-order valence-corrected chi connectivity index (χ2v) is 8.08. The van der Waals surface area contributed by atoms with Crippen molar-refractivity contribution in [1.29, 1.82) is 0 Å². The van der Waals surface area contributed by atoms with Gasteiger partial charge >= 0.3 is 6.18 Å². The third-order valence-electron chi connectivity index (χ3n) is 4.85. The van der Waals surface area contributed by atoms with E-state index >= 15 is 0 Å². The van der Waals surface area contributed by atoms with E-state index in [1.165, 1.54) is 24.3 Å². The average molecular weight is 467 g/mol. The van der Waals surface area contributed by atoms with Crippen molar-refractivity contribution in [3.8, 4) is 0 Å². The first-order valence-corrected chi connectivity index (χ1v) is 10.2. The van der Waals surface area contributed by atoms with Gasteiger partial charge in [-0.1, -0.05) is 53.6 Å². The van der Waals surface area contributed by atoms with Crippen LogP contribution in [0.1, 0.15) is 45.0 Å². The van der Waals surface area contributed by atoms with Gasteiger partial charge < -0.3 is 4.42 Å². The van der Waals surface area contributed by atoms with Crippen molar-refractivity contribution in [2.75, 3.05) is 0 Å². The molecule has 1 aromatic heterocycles. The number of rotatable bonds is 7. The molecule has 3 aromatic rings. The molecule has 0 aliphatic carbocycles. The van der Waals surface area contributed by atoms with E-state index in [2.05, 4.69) is 0 Å². The van der Waals surface area contributed by atoms with E-state index in [1.54, 1.807) is 43.7 Å². The molecule has 0 fully saturated rings. The highest BCUT2D eigenvalue weighted by Gasteiger charge is 2.39. The van der Waals surface area contributed by atoms with Gasteiger partial charge in [-0.05, 0) is 59.9 Å². The summed E-state index contributed by atoms with van der Waals surface area (Å²) in [5, 5.41) is 0.276. The Morgan fingerprint density at radius 1 is 1.10 bits per heavy atom. The maximum Gasteiger partial charge on any atom is 0.399 e. The quantitative estimate of drug-likeness (QED) is 0.329. The summed E-state index contributed by atoms with van der Waals surface area (Å²) in [4.78, 5) is 12.5. The molecule has 1 atom stereocenters. The fourth-order valence-corrected chi connectivity index (χ4v) is 3.85. The van der Waals surface area contributed by atoms with Gasteiger partial charge in [0.1, 0.15) is 0 Å². The van der Waals surface area contributed by atoms with Gasteiger partial charge in [0.2, 0.25) is 0 Å². The van der Waals surface area contributed by atoms with Crippen LogP contribution in [0, 0.1) is 6.92 Å². The molecule has 0 radical (unpaired) electrons. The van der Waals surface area contributed by atoms with Crippen LogP contribution in [0.4, 0.5) is 13.2 Å². The maximum absolute atomic E-state index is 13.6. The second-order valence-electron chi connectivity index (χ2n) is 7.21. The summed E-state index contributed by atoms with van der Waals surface area (Å²) >= 11 is 11.7. The molecular formula is C24H19Cl2F3O2. The normalized spacial score (nSPS) is 13.0. The van der Waals surface area contributed by atoms with Crippen LogP contribution in [0.2, 0.25) is 10.0 Å². The lowest BCUT2D eigenvalue weighted by Crippen LogP contribution is -2.18. The standard InChI is InChI=1S/C24H19Cl2F3O2/c1-15-10-16(2-5-21(15)23(30)7-4-17-8-9-31-14-17)3-6-22(24(27,28)29)18-11-19(25)13-20(26)12-18/h2-3,5-6,8-14,22H,4,7H2,1H3/b6-3+. The average Bonchev–Trinajstić information content (AvgIpc) is 3.18. The van der Waals surface area contributed by atoms with Crippen molar-refractivity contribution in [3.63, 3.8) is 0 Å². The Hall–Kier alpha value is -2.50. The number of carbonyl (C=O) groups is 1. The van der Waals surface area contributed by atoms with Crippen LogP contribution in [-0.2, 0) is 6.42 Å². The Bertz CT molecular complexity index is 1070. The van der Waals surface area contributed by atoms with E-state index < -0.39 is 12.1 Å². The molecule has 0 N–H and O–H groups in total. The number of Topliss-reactive ketones (excluding diaryl/α,β-unsaturated/α-hetero) is 1. The molecule has 0 saturated carbocycles. The van der Waals surface area contributed by atoms with Crippen LogP contribution in [0.5, 0.6) is 0 Å². The Morgan fingerprint density at radius 3 is 2.39 bits per heavy atom.